The number of nitrogens with zero attached hydrogens (tertiary/aromatic N) is 2. The Morgan fingerprint density at radius 1 is 1.11 bits per heavy atom. The number of hydrogen-bond acceptors (Lipinski definition) is 3. The highest BCUT2D eigenvalue weighted by Gasteiger charge is 2.45. The Morgan fingerprint density at radius 2 is 1.71 bits per heavy atom. The zero-order valence-corrected chi connectivity index (χ0v) is 17.0. The number of H-pyrrole nitrogens is 1. The molecule has 1 aromatic heterocycles. The van der Waals surface area contributed by atoms with E-state index in [0.29, 0.717) is 6.42 Å². The Balaban J connectivity index is 2.11. The summed E-state index contributed by atoms with van der Waals surface area (Å²) in [5.74, 6) is -0.0240. The van der Waals surface area contributed by atoms with E-state index in [1.807, 2.05) is 27.7 Å². The van der Waals surface area contributed by atoms with Crippen LogP contribution in [0.15, 0.2) is 35.4 Å². The summed E-state index contributed by atoms with van der Waals surface area (Å²) in [4.78, 5) is -0.135. The summed E-state index contributed by atoms with van der Waals surface area (Å²) in [6.45, 7) is 7.75. The van der Waals surface area contributed by atoms with Gasteiger partial charge in [0, 0.05) is 23.7 Å². The van der Waals surface area contributed by atoms with E-state index >= 15 is 0 Å². The van der Waals surface area contributed by atoms with Gasteiger partial charge in [-0.05, 0) is 36.1 Å². The van der Waals surface area contributed by atoms with Crippen molar-refractivity contribution in [2.45, 2.75) is 57.3 Å². The molecule has 1 aliphatic rings. The third kappa shape index (κ3) is 3.57. The first-order valence-electron chi connectivity index (χ1n) is 9.17. The molecule has 0 unspecified atom stereocenters. The van der Waals surface area contributed by atoms with Crippen molar-refractivity contribution < 1.29 is 21.6 Å². The maximum Gasteiger partial charge on any atom is 0.416 e. The monoisotopic (exact) mass is 415 g/mol. The predicted molar refractivity (Wildman–Crippen MR) is 99.0 cm³/mol. The lowest BCUT2D eigenvalue weighted by molar-refractivity contribution is -0.137. The molecule has 0 spiro atoms. The standard InChI is InChI=1S/C19H24F3N3O2S/c1-11(2)17-9-16-15(10-23-24-16)18(12(3)4)25(17)28(26,27)14-7-5-13(6-8-14)19(20,21)22/h5-8,10-12,17-18H,9H2,1-4H3,(H,23,24)/t17-,18-/m1/s1. The Hall–Kier alpha value is -1.87. The molecule has 2 atom stereocenters. The Morgan fingerprint density at radius 3 is 2.21 bits per heavy atom. The van der Waals surface area contributed by atoms with Crippen molar-refractivity contribution in [1.29, 1.82) is 0 Å². The molecule has 0 bridgehead atoms. The zero-order chi connectivity index (χ0) is 20.9. The molecule has 1 aromatic carbocycles. The largest absolute Gasteiger partial charge is 0.416 e. The van der Waals surface area contributed by atoms with Crippen molar-refractivity contribution in [3.05, 3.63) is 47.3 Å². The van der Waals surface area contributed by atoms with E-state index in [2.05, 4.69) is 10.2 Å². The molecule has 0 aliphatic carbocycles. The number of rotatable bonds is 4. The smallest absolute Gasteiger partial charge is 0.282 e. The highest BCUT2D eigenvalue weighted by Crippen LogP contribution is 2.43. The van der Waals surface area contributed by atoms with E-state index in [-0.39, 0.29) is 22.8 Å². The van der Waals surface area contributed by atoms with Crippen molar-refractivity contribution in [3.63, 3.8) is 0 Å². The minimum atomic E-state index is -4.51. The van der Waals surface area contributed by atoms with Gasteiger partial charge in [-0.3, -0.25) is 5.10 Å². The van der Waals surface area contributed by atoms with Crippen molar-refractivity contribution >= 4 is 10.0 Å². The SMILES string of the molecule is CC(C)[C@H]1Cc2[nH]ncc2[C@@H](C(C)C)N1S(=O)(=O)c1ccc(C(F)(F)F)cc1. The average molecular weight is 415 g/mol. The molecule has 0 radical (unpaired) electrons. The second-order valence-electron chi connectivity index (χ2n) is 7.87. The third-order valence-electron chi connectivity index (χ3n) is 5.24. The molecule has 0 fully saturated rings. The minimum Gasteiger partial charge on any atom is -0.282 e. The Kier molecular flexibility index (Phi) is 5.35. The van der Waals surface area contributed by atoms with Crippen LogP contribution in [0.3, 0.4) is 0 Å². The molecule has 28 heavy (non-hydrogen) atoms. The van der Waals surface area contributed by atoms with Crippen LogP contribution in [-0.4, -0.2) is 29.0 Å². The van der Waals surface area contributed by atoms with Gasteiger partial charge in [-0.1, -0.05) is 27.7 Å². The third-order valence-corrected chi connectivity index (χ3v) is 7.16. The lowest BCUT2D eigenvalue weighted by atomic mass is 9.86. The fraction of sp³-hybridized carbons (Fsp3) is 0.526. The number of hydrogen-bond donors (Lipinski definition) is 1. The van der Waals surface area contributed by atoms with Gasteiger partial charge < -0.3 is 0 Å². The lowest BCUT2D eigenvalue weighted by Gasteiger charge is -2.44. The van der Waals surface area contributed by atoms with Crippen LogP contribution in [0.5, 0.6) is 0 Å². The topological polar surface area (TPSA) is 66.1 Å². The van der Waals surface area contributed by atoms with Crippen LogP contribution in [-0.2, 0) is 22.6 Å². The maximum absolute atomic E-state index is 13.5. The van der Waals surface area contributed by atoms with Crippen molar-refractivity contribution in [1.82, 2.24) is 14.5 Å². The molecule has 5 nitrogen and oxygen atoms in total. The van der Waals surface area contributed by atoms with E-state index in [4.69, 9.17) is 0 Å². The number of alkyl halides is 3. The Bertz CT molecular complexity index is 934. The summed E-state index contributed by atoms with van der Waals surface area (Å²) >= 11 is 0. The lowest BCUT2D eigenvalue weighted by Crippen LogP contribution is -2.50. The Labute approximate surface area is 163 Å². The highest BCUT2D eigenvalue weighted by atomic mass is 32.2. The van der Waals surface area contributed by atoms with Gasteiger partial charge in [-0.2, -0.15) is 22.6 Å². The van der Waals surface area contributed by atoms with Crippen LogP contribution in [0.25, 0.3) is 0 Å². The quantitative estimate of drug-likeness (QED) is 0.805. The molecule has 2 aromatic rings. The summed E-state index contributed by atoms with van der Waals surface area (Å²) in [5, 5.41) is 7.05. The molecular formula is C19H24F3N3O2S. The molecule has 9 heteroatoms. The maximum atomic E-state index is 13.5. The number of sulfonamides is 1. The number of aromatic nitrogens is 2. The van der Waals surface area contributed by atoms with E-state index in [1.165, 1.54) is 4.31 Å². The van der Waals surface area contributed by atoms with Crippen LogP contribution >= 0.6 is 0 Å². The normalized spacial score (nSPS) is 21.3. The van der Waals surface area contributed by atoms with Crippen molar-refractivity contribution in [2.75, 3.05) is 0 Å². The van der Waals surface area contributed by atoms with E-state index in [9.17, 15) is 21.6 Å². The van der Waals surface area contributed by atoms with E-state index in [1.54, 1.807) is 6.20 Å². The van der Waals surface area contributed by atoms with Crippen molar-refractivity contribution in [3.8, 4) is 0 Å². The average Bonchev–Trinajstić information content (AvgIpc) is 3.07. The van der Waals surface area contributed by atoms with Crippen LogP contribution in [0.4, 0.5) is 13.2 Å². The number of benzene rings is 1. The second kappa shape index (κ2) is 7.18. The predicted octanol–water partition coefficient (Wildman–Crippen LogP) is 4.40. The van der Waals surface area contributed by atoms with Crippen molar-refractivity contribution in [2.24, 2.45) is 11.8 Å². The first-order chi connectivity index (χ1) is 12.9. The van der Waals surface area contributed by atoms with E-state index < -0.39 is 27.8 Å². The fourth-order valence-electron chi connectivity index (χ4n) is 3.83. The summed E-state index contributed by atoms with van der Waals surface area (Å²) in [5.41, 5.74) is 0.863. The number of nitrogens with one attached hydrogen (secondary N) is 1. The van der Waals surface area contributed by atoms with Gasteiger partial charge in [-0.25, -0.2) is 8.42 Å². The molecule has 3 rings (SSSR count). The van der Waals surface area contributed by atoms with Crippen LogP contribution in [0, 0.1) is 11.8 Å². The summed E-state index contributed by atoms with van der Waals surface area (Å²) in [7, 11) is -4.01. The van der Waals surface area contributed by atoms with Gasteiger partial charge in [0.1, 0.15) is 0 Å². The first kappa shape index (κ1) is 20.9. The molecule has 154 valence electrons. The van der Waals surface area contributed by atoms with Crippen LogP contribution in [0.1, 0.15) is 50.6 Å². The number of fused-ring (bicyclic) bond motifs is 1. The van der Waals surface area contributed by atoms with Gasteiger partial charge >= 0.3 is 6.18 Å². The van der Waals surface area contributed by atoms with Gasteiger partial charge in [0.05, 0.1) is 22.7 Å². The molecule has 2 heterocycles. The van der Waals surface area contributed by atoms with Crippen LogP contribution < -0.4 is 0 Å². The van der Waals surface area contributed by atoms with Gasteiger partial charge in [0.15, 0.2) is 0 Å². The highest BCUT2D eigenvalue weighted by molar-refractivity contribution is 7.89. The molecular weight excluding hydrogens is 391 g/mol. The molecule has 0 saturated carbocycles. The first-order valence-corrected chi connectivity index (χ1v) is 10.6. The number of aromatic amines is 1. The van der Waals surface area contributed by atoms with Gasteiger partial charge in [-0.15, -0.1) is 0 Å². The van der Waals surface area contributed by atoms with Gasteiger partial charge in [0.2, 0.25) is 10.0 Å². The second-order valence-corrected chi connectivity index (χ2v) is 9.71. The molecule has 0 amide bonds. The van der Waals surface area contributed by atoms with E-state index in [0.717, 1.165) is 35.5 Å². The summed E-state index contributed by atoms with van der Waals surface area (Å²) in [6.07, 6.45) is -2.39. The summed E-state index contributed by atoms with van der Waals surface area (Å²) in [6, 6.07) is 2.94. The fourth-order valence-corrected chi connectivity index (χ4v) is 5.88. The molecule has 1 aliphatic heterocycles. The van der Waals surface area contributed by atoms with Gasteiger partial charge in [0.25, 0.3) is 0 Å². The molecule has 0 saturated heterocycles. The molecule has 1 N–H and O–H groups in total. The number of halogens is 3. The zero-order valence-electron chi connectivity index (χ0n) is 16.2. The van der Waals surface area contributed by atoms with Crippen LogP contribution in [0.2, 0.25) is 0 Å². The minimum absolute atomic E-state index is 0.0157. The summed E-state index contributed by atoms with van der Waals surface area (Å²) < 4.78 is 67.1.